The van der Waals surface area contributed by atoms with E-state index in [0.29, 0.717) is 18.4 Å². The molecule has 2 saturated heterocycles. The molecule has 77 heavy (non-hydrogen) atoms. The summed E-state index contributed by atoms with van der Waals surface area (Å²) < 4.78 is 6.18. The van der Waals surface area contributed by atoms with Gasteiger partial charge in [0.25, 0.3) is 5.91 Å². The largest absolute Gasteiger partial charge is 0.450 e. The maximum atomic E-state index is 15.2. The SMILES string of the molecule is CC[C@H](C)[C@H]1OC(=O)[C@H](C(C)C)N(C)C(=O)[C@H](CC(C)C)NC(=O)[C@H](C(C)C)N(C)C(=O)[C@@H](C(C)C)NC(=O)[C@@H]2CCCN2C(=O)[C@H](Cc2ccccc2)N(C)C(=O)[C@H](Cc2ccccc2)NC(=O)[C@@H](C(C)C)N(C)C1=O. The van der Waals surface area contributed by atoms with Gasteiger partial charge in [0.15, 0.2) is 6.10 Å². The van der Waals surface area contributed by atoms with Crippen LogP contribution in [0.2, 0.25) is 0 Å². The third-order valence-corrected chi connectivity index (χ3v) is 15.3. The number of esters is 1. The molecule has 0 spiro atoms. The van der Waals surface area contributed by atoms with Gasteiger partial charge in [-0.2, -0.15) is 0 Å². The predicted octanol–water partition coefficient (Wildman–Crippen LogP) is 4.87. The van der Waals surface area contributed by atoms with Gasteiger partial charge in [-0.1, -0.05) is 144 Å². The first kappa shape index (κ1) is 63.2. The summed E-state index contributed by atoms with van der Waals surface area (Å²) >= 11 is 0. The van der Waals surface area contributed by atoms with Crippen molar-refractivity contribution in [3.63, 3.8) is 0 Å². The van der Waals surface area contributed by atoms with Crippen molar-refractivity contribution < 1.29 is 47.9 Å². The normalized spacial score (nSPS) is 26.4. The molecule has 2 heterocycles. The Morgan fingerprint density at radius 1 is 0.519 bits per heavy atom. The first-order valence-corrected chi connectivity index (χ1v) is 27.7. The third kappa shape index (κ3) is 15.9. The Morgan fingerprint density at radius 2 is 0.987 bits per heavy atom. The summed E-state index contributed by atoms with van der Waals surface area (Å²) in [6, 6.07) is 9.04. The average Bonchev–Trinajstić information content (AvgIpc) is 3.88. The van der Waals surface area contributed by atoms with Crippen molar-refractivity contribution >= 4 is 53.2 Å². The van der Waals surface area contributed by atoms with Crippen LogP contribution in [0.15, 0.2) is 60.7 Å². The summed E-state index contributed by atoms with van der Waals surface area (Å²) in [6.45, 7) is 21.7. The maximum Gasteiger partial charge on any atom is 0.329 e. The number of nitrogens with zero attached hydrogens (tertiary/aromatic N) is 5. The van der Waals surface area contributed by atoms with Crippen molar-refractivity contribution in [3.05, 3.63) is 71.8 Å². The number of amides is 8. The first-order valence-electron chi connectivity index (χ1n) is 27.7. The van der Waals surface area contributed by atoms with Gasteiger partial charge in [0.05, 0.1) is 0 Å². The second-order valence-corrected chi connectivity index (χ2v) is 23.2. The van der Waals surface area contributed by atoms with Crippen LogP contribution in [-0.4, -0.2) is 167 Å². The molecule has 2 aromatic carbocycles. The Bertz CT molecular complexity index is 2360. The lowest BCUT2D eigenvalue weighted by molar-refractivity contribution is -0.172. The minimum atomic E-state index is -1.40. The Hall–Kier alpha value is -6.33. The first-order chi connectivity index (χ1) is 36.1. The monoisotopic (exact) mass is 1070 g/mol. The smallest absolute Gasteiger partial charge is 0.329 e. The van der Waals surface area contributed by atoms with E-state index in [9.17, 15) is 33.6 Å². The number of nitrogens with one attached hydrogen (secondary N) is 3. The van der Waals surface area contributed by atoms with Gasteiger partial charge in [-0.05, 0) is 66.4 Å². The van der Waals surface area contributed by atoms with Crippen LogP contribution in [0.25, 0.3) is 0 Å². The van der Waals surface area contributed by atoms with Gasteiger partial charge in [-0.15, -0.1) is 0 Å². The summed E-state index contributed by atoms with van der Waals surface area (Å²) in [5.41, 5.74) is 1.45. The fourth-order valence-corrected chi connectivity index (χ4v) is 10.8. The topological polar surface area (TPSA) is 215 Å². The van der Waals surface area contributed by atoms with Crippen LogP contribution in [0.1, 0.15) is 120 Å². The van der Waals surface area contributed by atoms with Crippen LogP contribution in [0, 0.1) is 35.5 Å². The highest BCUT2D eigenvalue weighted by Gasteiger charge is 2.46. The molecule has 2 aliphatic heterocycles. The maximum absolute atomic E-state index is 15.2. The van der Waals surface area contributed by atoms with Crippen molar-refractivity contribution in [2.24, 2.45) is 35.5 Å². The van der Waals surface area contributed by atoms with Gasteiger partial charge >= 0.3 is 5.97 Å². The fraction of sp³-hybridized carbons (Fsp3) is 0.644. The van der Waals surface area contributed by atoms with E-state index in [1.54, 1.807) is 62.3 Å². The van der Waals surface area contributed by atoms with E-state index in [-0.39, 0.29) is 38.1 Å². The quantitative estimate of drug-likeness (QED) is 0.246. The average molecular weight is 1070 g/mol. The zero-order valence-electron chi connectivity index (χ0n) is 48.7. The summed E-state index contributed by atoms with van der Waals surface area (Å²) in [5, 5.41) is 8.83. The molecule has 0 bridgehead atoms. The van der Waals surface area contributed by atoms with E-state index < -0.39 is 137 Å². The molecule has 0 saturated carbocycles. The third-order valence-electron chi connectivity index (χ3n) is 15.3. The minimum Gasteiger partial charge on any atom is -0.450 e. The van der Waals surface area contributed by atoms with E-state index in [1.165, 1.54) is 52.7 Å². The molecule has 0 unspecified atom stereocenters. The number of likely N-dealkylation sites (N-methyl/N-ethyl adjacent to an activating group) is 4. The van der Waals surface area contributed by atoms with Crippen molar-refractivity contribution in [1.82, 2.24) is 40.4 Å². The van der Waals surface area contributed by atoms with Crippen molar-refractivity contribution in [2.45, 2.75) is 176 Å². The van der Waals surface area contributed by atoms with E-state index in [1.807, 2.05) is 81.4 Å². The summed E-state index contributed by atoms with van der Waals surface area (Å²) in [5.74, 6) is -8.27. The minimum absolute atomic E-state index is 0.0189. The number of benzene rings is 2. The molecule has 3 N–H and O–H groups in total. The zero-order chi connectivity index (χ0) is 57.7. The Labute approximate surface area is 458 Å². The predicted molar refractivity (Wildman–Crippen MR) is 295 cm³/mol. The van der Waals surface area contributed by atoms with Gasteiger partial charge in [-0.25, -0.2) is 4.79 Å². The van der Waals surface area contributed by atoms with Crippen molar-refractivity contribution in [2.75, 3.05) is 34.7 Å². The number of ether oxygens (including phenoxy) is 1. The van der Waals surface area contributed by atoms with Crippen LogP contribution in [0.5, 0.6) is 0 Å². The molecule has 426 valence electrons. The molecule has 0 radical (unpaired) electrons. The van der Waals surface area contributed by atoms with Crippen molar-refractivity contribution in [1.29, 1.82) is 0 Å². The molecule has 2 aliphatic rings. The molecule has 18 nitrogen and oxygen atoms in total. The van der Waals surface area contributed by atoms with E-state index in [2.05, 4.69) is 16.0 Å². The van der Waals surface area contributed by atoms with Crippen LogP contribution in [0.3, 0.4) is 0 Å². The summed E-state index contributed by atoms with van der Waals surface area (Å²) in [4.78, 5) is 140. The lowest BCUT2D eigenvalue weighted by Gasteiger charge is -2.38. The van der Waals surface area contributed by atoms with Crippen LogP contribution in [0.4, 0.5) is 0 Å². The van der Waals surface area contributed by atoms with E-state index >= 15 is 9.59 Å². The molecular weight excluding hydrogens is 981 g/mol. The van der Waals surface area contributed by atoms with Gasteiger partial charge in [-0.3, -0.25) is 38.4 Å². The second-order valence-electron chi connectivity index (χ2n) is 23.2. The van der Waals surface area contributed by atoms with Crippen LogP contribution in [-0.2, 0) is 60.7 Å². The van der Waals surface area contributed by atoms with E-state index in [4.69, 9.17) is 4.74 Å². The number of hydrogen-bond donors (Lipinski definition) is 3. The molecular formula is C59H90N8O10. The molecule has 4 rings (SSSR count). The van der Waals surface area contributed by atoms with Crippen molar-refractivity contribution in [3.8, 4) is 0 Å². The number of cyclic esters (lactones) is 1. The zero-order valence-corrected chi connectivity index (χ0v) is 48.7. The Kier molecular flexibility index (Phi) is 23.3. The number of carbonyl (C=O) groups is 9. The number of rotatable bonds is 12. The fourth-order valence-electron chi connectivity index (χ4n) is 10.8. The van der Waals surface area contributed by atoms with Crippen LogP contribution >= 0.6 is 0 Å². The molecule has 2 fully saturated rings. The number of fused-ring (bicyclic) bond motifs is 1. The molecule has 10 atom stereocenters. The molecule has 2 aromatic rings. The highest BCUT2D eigenvalue weighted by Crippen LogP contribution is 2.26. The second kappa shape index (κ2) is 28.3. The Morgan fingerprint density at radius 3 is 1.47 bits per heavy atom. The highest BCUT2D eigenvalue weighted by atomic mass is 16.6. The van der Waals surface area contributed by atoms with Gasteiger partial charge in [0.2, 0.25) is 41.4 Å². The van der Waals surface area contributed by atoms with Gasteiger partial charge < -0.3 is 45.2 Å². The molecule has 0 aliphatic carbocycles. The van der Waals surface area contributed by atoms with Gasteiger partial charge in [0, 0.05) is 53.5 Å². The summed E-state index contributed by atoms with van der Waals surface area (Å²) in [7, 11) is 5.90. The lowest BCUT2D eigenvalue weighted by Crippen LogP contribution is -2.62. The Balaban J connectivity index is 1.95. The molecule has 8 amide bonds. The lowest BCUT2D eigenvalue weighted by atomic mass is 9.95. The standard InChI is InChI=1S/C59H90N8O10/c1-17-39(12)50-58(75)65(15)48(37(8)9)53(70)61-43(32-40-25-20-18-21-26-40)54(71)63(13)45(33-41-27-22-19-23-28-41)56(73)67-30-24-29-44(67)51(68)62-46(35(4)5)57(74)64(14)47(36(6)7)52(69)60-42(31-34(2)3)55(72)66(16)49(38(10)11)59(76)77-50/h18-23,25-28,34-39,42-50H,17,24,29-33H2,1-16H3,(H,60,69)(H,61,70)(H,62,68)/t39-,42-,43-,44-,45-,46+,47-,48+,49-,50+/m0/s1. The van der Waals surface area contributed by atoms with Gasteiger partial charge in [0.1, 0.15) is 48.3 Å². The molecule has 18 heteroatoms. The highest BCUT2D eigenvalue weighted by molar-refractivity contribution is 5.99. The number of carbonyl (C=O) groups excluding carboxylic acids is 9. The summed E-state index contributed by atoms with van der Waals surface area (Å²) in [6.07, 6.45) is 0.00497. The number of hydrogen-bond acceptors (Lipinski definition) is 10. The van der Waals surface area contributed by atoms with Crippen LogP contribution < -0.4 is 16.0 Å². The van der Waals surface area contributed by atoms with E-state index in [0.717, 1.165) is 5.56 Å². The molecule has 0 aromatic heterocycles.